The van der Waals surface area contributed by atoms with Crippen molar-refractivity contribution in [2.45, 2.75) is 19.1 Å². The highest BCUT2D eigenvalue weighted by Gasteiger charge is 2.55. The van der Waals surface area contributed by atoms with Gasteiger partial charge >= 0.3 is 24.0 Å². The third kappa shape index (κ3) is 4.79. The molecule has 1 aromatic rings. The van der Waals surface area contributed by atoms with E-state index in [1.807, 2.05) is 6.07 Å². The van der Waals surface area contributed by atoms with Gasteiger partial charge in [0.1, 0.15) is 6.61 Å². The van der Waals surface area contributed by atoms with Gasteiger partial charge in [0, 0.05) is 0 Å². The standard InChI is InChI=1S/C19H23NO8/c1-25-16(21)12-9-13(17(22)26-2)15(14(12)18(23)27-3)20-19(24)28-10-11-7-5-4-6-8-11/h4-8,12-15H,9-10H2,1-3H3,(H,20,24)/t12-,13+,14+,15-/m0/s1. The zero-order chi connectivity index (χ0) is 20.7. The van der Waals surface area contributed by atoms with Crippen molar-refractivity contribution in [1.29, 1.82) is 0 Å². The molecular formula is C19H23NO8. The van der Waals surface area contributed by atoms with Gasteiger partial charge in [-0.2, -0.15) is 0 Å². The van der Waals surface area contributed by atoms with Gasteiger partial charge in [0.15, 0.2) is 0 Å². The van der Waals surface area contributed by atoms with Gasteiger partial charge < -0.3 is 24.3 Å². The van der Waals surface area contributed by atoms with Crippen LogP contribution in [-0.4, -0.2) is 51.4 Å². The fourth-order valence-corrected chi connectivity index (χ4v) is 3.39. The SMILES string of the molecule is COC(=O)[C@H]1[C@@H](NC(=O)OCc2ccccc2)[C@H](C(=O)OC)C[C@@H]1C(=O)OC. The highest BCUT2D eigenvalue weighted by atomic mass is 16.6. The minimum absolute atomic E-state index is 0.00556. The van der Waals surface area contributed by atoms with E-state index < -0.39 is 47.8 Å². The second-order valence-electron chi connectivity index (χ2n) is 6.28. The van der Waals surface area contributed by atoms with Gasteiger partial charge in [-0.1, -0.05) is 30.3 Å². The number of benzene rings is 1. The second kappa shape index (κ2) is 9.72. The molecule has 1 fully saturated rings. The van der Waals surface area contributed by atoms with Gasteiger partial charge in [0.05, 0.1) is 45.1 Å². The maximum atomic E-state index is 12.3. The number of esters is 3. The van der Waals surface area contributed by atoms with Gasteiger partial charge in [-0.15, -0.1) is 0 Å². The van der Waals surface area contributed by atoms with Gasteiger partial charge in [-0.05, 0) is 12.0 Å². The van der Waals surface area contributed by atoms with E-state index in [0.29, 0.717) is 0 Å². The Balaban J connectivity index is 2.18. The number of hydrogen-bond acceptors (Lipinski definition) is 8. The van der Waals surface area contributed by atoms with E-state index in [9.17, 15) is 19.2 Å². The summed E-state index contributed by atoms with van der Waals surface area (Å²) in [7, 11) is 3.53. The minimum atomic E-state index is -1.11. The van der Waals surface area contributed by atoms with E-state index in [2.05, 4.69) is 5.32 Å². The first-order chi connectivity index (χ1) is 13.4. The van der Waals surface area contributed by atoms with Crippen molar-refractivity contribution in [3.63, 3.8) is 0 Å². The molecule has 0 radical (unpaired) electrons. The van der Waals surface area contributed by atoms with Crippen molar-refractivity contribution in [3.8, 4) is 0 Å². The molecule has 0 aromatic heterocycles. The number of methoxy groups -OCH3 is 3. The Morgan fingerprint density at radius 3 is 2.04 bits per heavy atom. The molecule has 0 heterocycles. The molecule has 152 valence electrons. The summed E-state index contributed by atoms with van der Waals surface area (Å²) in [6, 6.07) is 7.96. The van der Waals surface area contributed by atoms with Crippen molar-refractivity contribution in [3.05, 3.63) is 35.9 Å². The zero-order valence-electron chi connectivity index (χ0n) is 15.9. The fraction of sp³-hybridized carbons (Fsp3) is 0.474. The molecule has 1 aliphatic carbocycles. The Morgan fingerprint density at radius 1 is 0.893 bits per heavy atom. The molecule has 1 amide bonds. The minimum Gasteiger partial charge on any atom is -0.469 e. The van der Waals surface area contributed by atoms with Crippen LogP contribution in [0, 0.1) is 17.8 Å². The molecule has 0 bridgehead atoms. The van der Waals surface area contributed by atoms with Crippen LogP contribution in [0.5, 0.6) is 0 Å². The monoisotopic (exact) mass is 393 g/mol. The van der Waals surface area contributed by atoms with Gasteiger partial charge in [-0.3, -0.25) is 14.4 Å². The van der Waals surface area contributed by atoms with Crippen molar-refractivity contribution >= 4 is 24.0 Å². The first-order valence-electron chi connectivity index (χ1n) is 8.63. The molecule has 1 N–H and O–H groups in total. The number of carbonyl (C=O) groups is 4. The largest absolute Gasteiger partial charge is 0.469 e. The molecule has 1 aromatic carbocycles. The molecule has 4 atom stereocenters. The molecule has 1 saturated carbocycles. The predicted molar refractivity (Wildman–Crippen MR) is 94.7 cm³/mol. The molecule has 0 aliphatic heterocycles. The lowest BCUT2D eigenvalue weighted by Crippen LogP contribution is -2.48. The van der Waals surface area contributed by atoms with Crippen LogP contribution >= 0.6 is 0 Å². The van der Waals surface area contributed by atoms with Crippen LogP contribution in [0.25, 0.3) is 0 Å². The van der Waals surface area contributed by atoms with E-state index in [0.717, 1.165) is 12.7 Å². The summed E-state index contributed by atoms with van der Waals surface area (Å²) in [6.07, 6.45) is -0.856. The Hall–Kier alpha value is -3.10. The van der Waals surface area contributed by atoms with Crippen LogP contribution in [0.1, 0.15) is 12.0 Å². The predicted octanol–water partition coefficient (Wildman–Crippen LogP) is 1.05. The highest BCUT2D eigenvalue weighted by Crippen LogP contribution is 2.39. The van der Waals surface area contributed by atoms with Crippen LogP contribution in [0.2, 0.25) is 0 Å². The summed E-state index contributed by atoms with van der Waals surface area (Å²) in [4.78, 5) is 48.9. The average molecular weight is 393 g/mol. The number of alkyl carbamates (subject to hydrolysis) is 1. The lowest BCUT2D eigenvalue weighted by Gasteiger charge is -2.24. The summed E-state index contributed by atoms with van der Waals surface area (Å²) in [5.74, 6) is -5.07. The summed E-state index contributed by atoms with van der Waals surface area (Å²) in [6.45, 7) is 0.00556. The topological polar surface area (TPSA) is 117 Å². The normalized spacial score (nSPS) is 23.4. The van der Waals surface area contributed by atoms with Gasteiger partial charge in [0.25, 0.3) is 0 Å². The smallest absolute Gasteiger partial charge is 0.407 e. The van der Waals surface area contributed by atoms with E-state index in [4.69, 9.17) is 18.9 Å². The third-order valence-electron chi connectivity index (χ3n) is 4.74. The quantitative estimate of drug-likeness (QED) is 0.563. The molecular weight excluding hydrogens is 370 g/mol. The van der Waals surface area contributed by atoms with Crippen molar-refractivity contribution in [2.75, 3.05) is 21.3 Å². The summed E-state index contributed by atoms with van der Waals surface area (Å²) < 4.78 is 19.4. The van der Waals surface area contributed by atoms with Crippen LogP contribution in [-0.2, 0) is 39.9 Å². The molecule has 9 nitrogen and oxygen atoms in total. The van der Waals surface area contributed by atoms with Crippen LogP contribution < -0.4 is 5.32 Å². The number of hydrogen-bond donors (Lipinski definition) is 1. The highest BCUT2D eigenvalue weighted by molar-refractivity contribution is 5.87. The molecule has 0 unspecified atom stereocenters. The van der Waals surface area contributed by atoms with Gasteiger partial charge in [-0.25, -0.2) is 4.79 Å². The second-order valence-corrected chi connectivity index (χ2v) is 6.28. The first-order valence-corrected chi connectivity index (χ1v) is 8.63. The van der Waals surface area contributed by atoms with E-state index in [1.165, 1.54) is 14.2 Å². The summed E-state index contributed by atoms with van der Waals surface area (Å²) in [5, 5.41) is 2.52. The van der Waals surface area contributed by atoms with Crippen LogP contribution in [0.3, 0.4) is 0 Å². The Kier molecular flexibility index (Phi) is 7.36. The van der Waals surface area contributed by atoms with Crippen molar-refractivity contribution in [2.24, 2.45) is 17.8 Å². The molecule has 9 heteroatoms. The van der Waals surface area contributed by atoms with Crippen LogP contribution in [0.15, 0.2) is 30.3 Å². The Bertz CT molecular complexity index is 720. The zero-order valence-corrected chi connectivity index (χ0v) is 15.9. The maximum absolute atomic E-state index is 12.3. The molecule has 0 saturated heterocycles. The molecule has 2 rings (SSSR count). The number of ether oxygens (including phenoxy) is 4. The molecule has 28 heavy (non-hydrogen) atoms. The lowest BCUT2D eigenvalue weighted by atomic mass is 9.93. The Morgan fingerprint density at radius 2 is 1.46 bits per heavy atom. The van der Waals surface area contributed by atoms with E-state index >= 15 is 0 Å². The molecule has 1 aliphatic rings. The lowest BCUT2D eigenvalue weighted by molar-refractivity contribution is -0.156. The average Bonchev–Trinajstić information content (AvgIpc) is 3.10. The van der Waals surface area contributed by atoms with Crippen molar-refractivity contribution < 1.29 is 38.1 Å². The Labute approximate surface area is 162 Å². The summed E-state index contributed by atoms with van der Waals surface area (Å²) in [5.41, 5.74) is 0.769. The molecule has 0 spiro atoms. The third-order valence-corrected chi connectivity index (χ3v) is 4.74. The number of rotatable bonds is 6. The van der Waals surface area contributed by atoms with E-state index in [-0.39, 0.29) is 13.0 Å². The first kappa shape index (κ1) is 21.2. The van der Waals surface area contributed by atoms with Gasteiger partial charge in [0.2, 0.25) is 0 Å². The van der Waals surface area contributed by atoms with Crippen LogP contribution in [0.4, 0.5) is 4.79 Å². The maximum Gasteiger partial charge on any atom is 0.407 e. The number of nitrogens with one attached hydrogen (secondary N) is 1. The number of amides is 1. The number of carbonyl (C=O) groups excluding carboxylic acids is 4. The van der Waals surface area contributed by atoms with E-state index in [1.54, 1.807) is 24.3 Å². The van der Waals surface area contributed by atoms with Crippen molar-refractivity contribution in [1.82, 2.24) is 5.32 Å². The summed E-state index contributed by atoms with van der Waals surface area (Å²) >= 11 is 0. The fourth-order valence-electron chi connectivity index (χ4n) is 3.39.